The smallest absolute Gasteiger partial charge is 0.224 e. The molecule has 0 atom stereocenters. The summed E-state index contributed by atoms with van der Waals surface area (Å²) in [5, 5.41) is 3.49. The highest BCUT2D eigenvalue weighted by molar-refractivity contribution is 6.32. The standard InChI is InChI=1S/C21H23ClFNO2/c1-26-20-11-6-16(13-19(20)22)15-4-2-14(3-5-15)12-21(25)24-18-9-7-17(23)8-10-18/h6-11,13-15H,2-5,12H2,1H3,(H,24,25). The zero-order valence-electron chi connectivity index (χ0n) is 14.8. The van der Waals surface area contributed by atoms with Crippen LogP contribution in [0, 0.1) is 11.7 Å². The Kier molecular flexibility index (Phi) is 6.15. The molecule has 0 bridgehead atoms. The Hall–Kier alpha value is -2.07. The zero-order valence-corrected chi connectivity index (χ0v) is 15.6. The van der Waals surface area contributed by atoms with E-state index in [1.165, 1.54) is 17.7 Å². The maximum Gasteiger partial charge on any atom is 0.224 e. The number of hydrogen-bond acceptors (Lipinski definition) is 2. The third kappa shape index (κ3) is 4.76. The van der Waals surface area contributed by atoms with Crippen LogP contribution in [0.1, 0.15) is 43.6 Å². The second-order valence-electron chi connectivity index (χ2n) is 6.87. The lowest BCUT2D eigenvalue weighted by atomic mass is 9.77. The van der Waals surface area contributed by atoms with E-state index in [-0.39, 0.29) is 11.7 Å². The number of nitrogens with one attached hydrogen (secondary N) is 1. The van der Waals surface area contributed by atoms with E-state index in [1.54, 1.807) is 19.2 Å². The molecule has 2 aromatic carbocycles. The van der Waals surface area contributed by atoms with Gasteiger partial charge in [-0.05, 0) is 79.5 Å². The Morgan fingerprint density at radius 3 is 2.46 bits per heavy atom. The Bertz CT molecular complexity index is 755. The Balaban J connectivity index is 1.49. The lowest BCUT2D eigenvalue weighted by Gasteiger charge is -2.28. The highest BCUT2D eigenvalue weighted by atomic mass is 35.5. The third-order valence-electron chi connectivity index (χ3n) is 5.10. The summed E-state index contributed by atoms with van der Waals surface area (Å²) in [7, 11) is 1.61. The number of methoxy groups -OCH3 is 1. The van der Waals surface area contributed by atoms with Gasteiger partial charge in [0.05, 0.1) is 12.1 Å². The molecule has 0 aliphatic heterocycles. The average molecular weight is 376 g/mol. The number of anilines is 1. The van der Waals surface area contributed by atoms with Gasteiger partial charge < -0.3 is 10.1 Å². The molecule has 3 nitrogen and oxygen atoms in total. The number of rotatable bonds is 5. The van der Waals surface area contributed by atoms with Gasteiger partial charge in [-0.3, -0.25) is 4.79 Å². The van der Waals surface area contributed by atoms with E-state index >= 15 is 0 Å². The molecule has 0 radical (unpaired) electrons. The molecule has 1 amide bonds. The number of benzene rings is 2. The molecule has 138 valence electrons. The molecule has 3 rings (SSSR count). The van der Waals surface area contributed by atoms with Crippen molar-refractivity contribution in [1.82, 2.24) is 0 Å². The first-order valence-corrected chi connectivity index (χ1v) is 9.32. The van der Waals surface area contributed by atoms with Crippen molar-refractivity contribution >= 4 is 23.2 Å². The normalized spacial score (nSPS) is 19.8. The second kappa shape index (κ2) is 8.54. The van der Waals surface area contributed by atoms with Gasteiger partial charge in [-0.2, -0.15) is 0 Å². The van der Waals surface area contributed by atoms with E-state index in [9.17, 15) is 9.18 Å². The predicted molar refractivity (Wildman–Crippen MR) is 102 cm³/mol. The van der Waals surface area contributed by atoms with Crippen LogP contribution in [0.15, 0.2) is 42.5 Å². The predicted octanol–water partition coefficient (Wildman–Crippen LogP) is 5.79. The number of amides is 1. The quantitative estimate of drug-likeness (QED) is 0.718. The minimum Gasteiger partial charge on any atom is -0.495 e. The van der Waals surface area contributed by atoms with Crippen LogP contribution >= 0.6 is 11.6 Å². The molecule has 2 aromatic rings. The highest BCUT2D eigenvalue weighted by Crippen LogP contribution is 2.39. The molecule has 0 unspecified atom stereocenters. The van der Waals surface area contributed by atoms with Gasteiger partial charge in [0, 0.05) is 12.1 Å². The summed E-state index contributed by atoms with van der Waals surface area (Å²) in [5.74, 6) is 1.25. The molecule has 1 aliphatic carbocycles. The van der Waals surface area contributed by atoms with E-state index in [1.807, 2.05) is 12.1 Å². The van der Waals surface area contributed by atoms with Crippen molar-refractivity contribution in [2.75, 3.05) is 12.4 Å². The van der Waals surface area contributed by atoms with Crippen molar-refractivity contribution in [2.45, 2.75) is 38.0 Å². The fourth-order valence-electron chi connectivity index (χ4n) is 3.64. The van der Waals surface area contributed by atoms with E-state index in [0.717, 1.165) is 25.7 Å². The summed E-state index contributed by atoms with van der Waals surface area (Å²) >= 11 is 6.23. The third-order valence-corrected chi connectivity index (χ3v) is 5.39. The fourth-order valence-corrected chi connectivity index (χ4v) is 3.91. The molecule has 1 aliphatic rings. The van der Waals surface area contributed by atoms with Gasteiger partial charge in [-0.25, -0.2) is 4.39 Å². The molecule has 0 spiro atoms. The molecule has 1 saturated carbocycles. The van der Waals surface area contributed by atoms with Gasteiger partial charge in [-0.15, -0.1) is 0 Å². The van der Waals surface area contributed by atoms with Crippen LogP contribution in [0.2, 0.25) is 5.02 Å². The molecular formula is C21H23ClFNO2. The molecule has 0 saturated heterocycles. The minimum atomic E-state index is -0.306. The van der Waals surface area contributed by atoms with Gasteiger partial charge in [0.15, 0.2) is 0 Å². The van der Waals surface area contributed by atoms with Crippen molar-refractivity contribution < 1.29 is 13.9 Å². The highest BCUT2D eigenvalue weighted by Gasteiger charge is 2.24. The first kappa shape index (κ1) is 18.7. The SMILES string of the molecule is COc1ccc(C2CCC(CC(=O)Nc3ccc(F)cc3)CC2)cc1Cl. The Morgan fingerprint density at radius 1 is 1.15 bits per heavy atom. The summed E-state index contributed by atoms with van der Waals surface area (Å²) in [6.45, 7) is 0. The van der Waals surface area contributed by atoms with Crippen LogP contribution in [0.25, 0.3) is 0 Å². The van der Waals surface area contributed by atoms with Crippen molar-refractivity contribution in [3.8, 4) is 5.75 Å². The van der Waals surface area contributed by atoms with Crippen LogP contribution in [-0.2, 0) is 4.79 Å². The number of carbonyl (C=O) groups is 1. The molecule has 5 heteroatoms. The summed E-state index contributed by atoms with van der Waals surface area (Å²) in [5.41, 5.74) is 1.88. The Labute approximate surface area is 158 Å². The summed E-state index contributed by atoms with van der Waals surface area (Å²) in [4.78, 5) is 12.2. The van der Waals surface area contributed by atoms with E-state index in [4.69, 9.17) is 16.3 Å². The van der Waals surface area contributed by atoms with Crippen LogP contribution < -0.4 is 10.1 Å². The van der Waals surface area contributed by atoms with Crippen LogP contribution in [0.4, 0.5) is 10.1 Å². The van der Waals surface area contributed by atoms with Gasteiger partial charge >= 0.3 is 0 Å². The molecule has 0 aromatic heterocycles. The monoisotopic (exact) mass is 375 g/mol. The topological polar surface area (TPSA) is 38.3 Å². The van der Waals surface area contributed by atoms with Crippen LogP contribution in [0.3, 0.4) is 0 Å². The first-order chi connectivity index (χ1) is 12.5. The van der Waals surface area contributed by atoms with E-state index in [0.29, 0.717) is 34.7 Å². The van der Waals surface area contributed by atoms with Gasteiger partial charge in [0.1, 0.15) is 11.6 Å². The molecule has 0 heterocycles. The van der Waals surface area contributed by atoms with Crippen molar-refractivity contribution in [2.24, 2.45) is 5.92 Å². The van der Waals surface area contributed by atoms with Crippen molar-refractivity contribution in [3.05, 3.63) is 58.9 Å². The minimum absolute atomic E-state index is 0.00690. The zero-order chi connectivity index (χ0) is 18.5. The second-order valence-corrected chi connectivity index (χ2v) is 7.28. The van der Waals surface area contributed by atoms with Crippen LogP contribution in [-0.4, -0.2) is 13.0 Å². The maximum atomic E-state index is 12.9. The maximum absolute atomic E-state index is 12.9. The number of carbonyl (C=O) groups excluding carboxylic acids is 1. The van der Waals surface area contributed by atoms with Gasteiger partial charge in [-0.1, -0.05) is 17.7 Å². The molecule has 1 N–H and O–H groups in total. The van der Waals surface area contributed by atoms with E-state index < -0.39 is 0 Å². The largest absolute Gasteiger partial charge is 0.495 e. The Morgan fingerprint density at radius 2 is 1.85 bits per heavy atom. The molecule has 1 fully saturated rings. The molecular weight excluding hydrogens is 353 g/mol. The lowest BCUT2D eigenvalue weighted by molar-refractivity contribution is -0.117. The van der Waals surface area contributed by atoms with Gasteiger partial charge in [0.25, 0.3) is 0 Å². The van der Waals surface area contributed by atoms with Crippen molar-refractivity contribution in [1.29, 1.82) is 0 Å². The average Bonchev–Trinajstić information content (AvgIpc) is 2.64. The van der Waals surface area contributed by atoms with Crippen LogP contribution in [0.5, 0.6) is 5.75 Å². The number of hydrogen-bond donors (Lipinski definition) is 1. The summed E-state index contributed by atoms with van der Waals surface area (Å²) in [6.07, 6.45) is 4.65. The summed E-state index contributed by atoms with van der Waals surface area (Å²) < 4.78 is 18.1. The molecule has 26 heavy (non-hydrogen) atoms. The fraction of sp³-hybridized carbons (Fsp3) is 0.381. The first-order valence-electron chi connectivity index (χ1n) is 8.94. The van der Waals surface area contributed by atoms with Crippen molar-refractivity contribution in [3.63, 3.8) is 0 Å². The number of ether oxygens (including phenoxy) is 1. The lowest BCUT2D eigenvalue weighted by Crippen LogP contribution is -2.20. The van der Waals surface area contributed by atoms with E-state index in [2.05, 4.69) is 11.4 Å². The number of halogens is 2. The van der Waals surface area contributed by atoms with Gasteiger partial charge in [0.2, 0.25) is 5.91 Å². The summed E-state index contributed by atoms with van der Waals surface area (Å²) in [6, 6.07) is 11.8.